The molecule has 0 saturated carbocycles. The zero-order valence-electron chi connectivity index (χ0n) is 11.8. The topological polar surface area (TPSA) is 35.5 Å². The van der Waals surface area contributed by atoms with Gasteiger partial charge < -0.3 is 10.4 Å². The van der Waals surface area contributed by atoms with Crippen LogP contribution < -0.4 is 5.32 Å². The van der Waals surface area contributed by atoms with Crippen molar-refractivity contribution in [1.29, 1.82) is 0 Å². The highest BCUT2D eigenvalue weighted by Crippen LogP contribution is 2.37. The van der Waals surface area contributed by atoms with Crippen LogP contribution in [0.3, 0.4) is 0 Å². The molecular weight excluding hydrogens is 305 g/mol. The van der Waals surface area contributed by atoms with Crippen LogP contribution in [0, 0.1) is 12.7 Å². The zero-order valence-corrected chi connectivity index (χ0v) is 12.6. The van der Waals surface area contributed by atoms with Crippen LogP contribution >= 0.6 is 12.4 Å². The van der Waals surface area contributed by atoms with E-state index < -0.39 is 24.4 Å². The molecule has 0 bridgehead atoms. The van der Waals surface area contributed by atoms with Crippen LogP contribution in [-0.4, -0.2) is 48.7 Å². The van der Waals surface area contributed by atoms with E-state index in [0.717, 1.165) is 5.56 Å². The van der Waals surface area contributed by atoms with Crippen molar-refractivity contribution in [2.75, 3.05) is 32.8 Å². The Morgan fingerprint density at radius 1 is 1.33 bits per heavy atom. The molecule has 0 amide bonds. The van der Waals surface area contributed by atoms with Gasteiger partial charge in [0.2, 0.25) is 0 Å². The molecule has 2 rings (SSSR count). The Morgan fingerprint density at radius 2 is 1.95 bits per heavy atom. The predicted molar refractivity (Wildman–Crippen MR) is 77.6 cm³/mol. The number of aliphatic hydroxyl groups is 1. The molecule has 7 heteroatoms. The predicted octanol–water partition coefficient (Wildman–Crippen LogP) is 2.13. The van der Waals surface area contributed by atoms with Gasteiger partial charge in [-0.1, -0.05) is 17.7 Å². The Balaban J connectivity index is 0.00000220. The van der Waals surface area contributed by atoms with E-state index in [1.165, 1.54) is 17.0 Å². The van der Waals surface area contributed by atoms with Crippen LogP contribution in [0.15, 0.2) is 18.2 Å². The first-order chi connectivity index (χ1) is 9.45. The standard InChI is InChI=1S/C14H19F3N2O.ClH/c1-10-2-3-12(15)11(8-10)13(14(16,17)9-20)19-6-4-18-5-7-19;/h2-3,8,13,18,20H,4-7,9H2,1H3;1H/t13-;/m0./s1. The highest BCUT2D eigenvalue weighted by Gasteiger charge is 2.45. The van der Waals surface area contributed by atoms with Crippen LogP contribution in [0.4, 0.5) is 13.2 Å². The van der Waals surface area contributed by atoms with E-state index in [4.69, 9.17) is 5.11 Å². The zero-order chi connectivity index (χ0) is 14.8. The summed E-state index contributed by atoms with van der Waals surface area (Å²) in [6.45, 7) is 2.38. The molecule has 0 radical (unpaired) electrons. The van der Waals surface area contributed by atoms with Gasteiger partial charge in [0.05, 0.1) is 0 Å². The highest BCUT2D eigenvalue weighted by atomic mass is 35.5. The van der Waals surface area contributed by atoms with E-state index in [2.05, 4.69) is 5.32 Å². The van der Waals surface area contributed by atoms with E-state index in [1.54, 1.807) is 13.0 Å². The Labute approximate surface area is 128 Å². The number of nitrogens with zero attached hydrogens (tertiary/aromatic N) is 1. The molecule has 1 heterocycles. The molecule has 1 aliphatic rings. The summed E-state index contributed by atoms with van der Waals surface area (Å²) in [4.78, 5) is 1.53. The Kier molecular flexibility index (Phi) is 6.46. The van der Waals surface area contributed by atoms with Gasteiger partial charge in [-0.3, -0.25) is 4.90 Å². The second-order valence-corrected chi connectivity index (χ2v) is 5.13. The van der Waals surface area contributed by atoms with Gasteiger partial charge in [0, 0.05) is 31.7 Å². The number of hydrogen-bond donors (Lipinski definition) is 2. The van der Waals surface area contributed by atoms with Crippen LogP contribution in [0.2, 0.25) is 0 Å². The molecule has 1 aliphatic heterocycles. The minimum atomic E-state index is -3.38. The number of aryl methyl sites for hydroxylation is 1. The normalized spacial score (nSPS) is 18.1. The van der Waals surface area contributed by atoms with E-state index in [0.29, 0.717) is 26.2 Å². The minimum absolute atomic E-state index is 0. The average molecular weight is 325 g/mol. The smallest absolute Gasteiger partial charge is 0.290 e. The van der Waals surface area contributed by atoms with E-state index in [-0.39, 0.29) is 18.0 Å². The van der Waals surface area contributed by atoms with Gasteiger partial charge >= 0.3 is 0 Å². The van der Waals surface area contributed by atoms with E-state index in [9.17, 15) is 13.2 Å². The number of aliphatic hydroxyl groups excluding tert-OH is 1. The molecule has 0 spiro atoms. The van der Waals surface area contributed by atoms with Crippen molar-refractivity contribution >= 4 is 12.4 Å². The molecule has 2 N–H and O–H groups in total. The molecule has 1 atom stereocenters. The van der Waals surface area contributed by atoms with Gasteiger partial charge in [-0.2, -0.15) is 0 Å². The third-order valence-corrected chi connectivity index (χ3v) is 3.57. The van der Waals surface area contributed by atoms with Gasteiger partial charge in [0.1, 0.15) is 18.5 Å². The number of piperazine rings is 1. The first-order valence-electron chi connectivity index (χ1n) is 6.65. The fourth-order valence-electron chi connectivity index (χ4n) is 2.59. The second kappa shape index (κ2) is 7.45. The monoisotopic (exact) mass is 324 g/mol. The second-order valence-electron chi connectivity index (χ2n) is 5.13. The minimum Gasteiger partial charge on any atom is -0.390 e. The fraction of sp³-hybridized carbons (Fsp3) is 0.571. The van der Waals surface area contributed by atoms with Crippen LogP contribution in [0.5, 0.6) is 0 Å². The number of halogens is 4. The maximum Gasteiger partial charge on any atom is 0.290 e. The largest absolute Gasteiger partial charge is 0.390 e. The lowest BCUT2D eigenvalue weighted by atomic mass is 9.96. The summed E-state index contributed by atoms with van der Waals surface area (Å²) in [6, 6.07) is 2.75. The van der Waals surface area contributed by atoms with Crippen molar-refractivity contribution in [3.8, 4) is 0 Å². The highest BCUT2D eigenvalue weighted by molar-refractivity contribution is 5.85. The van der Waals surface area contributed by atoms with Crippen molar-refractivity contribution in [2.24, 2.45) is 0 Å². The van der Waals surface area contributed by atoms with Gasteiger partial charge in [-0.05, 0) is 13.0 Å². The lowest BCUT2D eigenvalue weighted by Gasteiger charge is -2.38. The Morgan fingerprint density at radius 3 is 2.52 bits per heavy atom. The molecule has 1 saturated heterocycles. The Bertz CT molecular complexity index is 468. The lowest BCUT2D eigenvalue weighted by molar-refractivity contribution is -0.119. The summed E-state index contributed by atoms with van der Waals surface area (Å²) in [5.41, 5.74) is 0.668. The maximum atomic E-state index is 14.1. The number of nitrogens with one attached hydrogen (secondary N) is 1. The van der Waals surface area contributed by atoms with Crippen molar-refractivity contribution in [2.45, 2.75) is 18.9 Å². The number of hydrogen-bond acceptors (Lipinski definition) is 3. The van der Waals surface area contributed by atoms with Crippen molar-refractivity contribution < 1.29 is 18.3 Å². The first kappa shape index (κ1) is 18.2. The van der Waals surface area contributed by atoms with Crippen LogP contribution in [0.1, 0.15) is 17.2 Å². The van der Waals surface area contributed by atoms with E-state index in [1.807, 2.05) is 0 Å². The third kappa shape index (κ3) is 4.10. The van der Waals surface area contributed by atoms with Gasteiger partial charge in [-0.25, -0.2) is 13.2 Å². The molecule has 0 unspecified atom stereocenters. The first-order valence-corrected chi connectivity index (χ1v) is 6.65. The lowest BCUT2D eigenvalue weighted by Crippen LogP contribution is -2.51. The number of benzene rings is 1. The summed E-state index contributed by atoms with van der Waals surface area (Å²) in [5, 5.41) is 12.1. The van der Waals surface area contributed by atoms with E-state index >= 15 is 0 Å². The molecular formula is C14H20ClF3N2O. The van der Waals surface area contributed by atoms with Crippen LogP contribution in [0.25, 0.3) is 0 Å². The quantitative estimate of drug-likeness (QED) is 0.890. The van der Waals surface area contributed by atoms with Gasteiger partial charge in [-0.15, -0.1) is 12.4 Å². The molecule has 1 aromatic carbocycles. The summed E-state index contributed by atoms with van der Waals surface area (Å²) < 4.78 is 42.2. The fourth-order valence-corrected chi connectivity index (χ4v) is 2.59. The third-order valence-electron chi connectivity index (χ3n) is 3.57. The molecule has 0 aliphatic carbocycles. The number of alkyl halides is 2. The summed E-state index contributed by atoms with van der Waals surface area (Å²) >= 11 is 0. The van der Waals surface area contributed by atoms with Crippen molar-refractivity contribution in [3.63, 3.8) is 0 Å². The maximum absolute atomic E-state index is 14.1. The van der Waals surface area contributed by atoms with Gasteiger partial charge in [0.25, 0.3) is 5.92 Å². The average Bonchev–Trinajstić information content (AvgIpc) is 2.44. The summed E-state index contributed by atoms with van der Waals surface area (Å²) in [5.74, 6) is -4.04. The molecule has 0 aromatic heterocycles. The molecule has 21 heavy (non-hydrogen) atoms. The molecule has 120 valence electrons. The molecule has 1 fully saturated rings. The molecule has 3 nitrogen and oxygen atoms in total. The Hall–Kier alpha value is -0.820. The van der Waals surface area contributed by atoms with Gasteiger partial charge in [0.15, 0.2) is 0 Å². The van der Waals surface area contributed by atoms with Crippen LogP contribution in [-0.2, 0) is 0 Å². The SMILES string of the molecule is Cc1ccc(F)c([C@H](N2CCNCC2)C(F)(F)CO)c1.Cl. The summed E-state index contributed by atoms with van der Waals surface area (Å²) in [7, 11) is 0. The van der Waals surface area contributed by atoms with Crippen molar-refractivity contribution in [3.05, 3.63) is 35.1 Å². The summed E-state index contributed by atoms with van der Waals surface area (Å²) in [6.07, 6.45) is 0. The van der Waals surface area contributed by atoms with Crippen molar-refractivity contribution in [1.82, 2.24) is 10.2 Å². The molecule has 1 aromatic rings. The number of rotatable bonds is 4.